The lowest BCUT2D eigenvalue weighted by molar-refractivity contribution is -0.142. The number of hydrogen-bond acceptors (Lipinski definition) is 5. The monoisotopic (exact) mass is 329 g/mol. The third-order valence-corrected chi connectivity index (χ3v) is 4.26. The van der Waals surface area contributed by atoms with Crippen molar-refractivity contribution in [3.8, 4) is 11.3 Å². The van der Waals surface area contributed by atoms with Crippen LogP contribution < -0.4 is 0 Å². The molecular formula is C18H19NO5. The molecule has 1 N–H and O–H groups in total. The Morgan fingerprint density at radius 3 is 2.67 bits per heavy atom. The van der Waals surface area contributed by atoms with E-state index >= 15 is 0 Å². The Bertz CT molecular complexity index is 734. The van der Waals surface area contributed by atoms with Gasteiger partial charge < -0.3 is 14.3 Å². The third-order valence-electron chi connectivity index (χ3n) is 4.26. The fourth-order valence-corrected chi connectivity index (χ4v) is 3.00. The summed E-state index contributed by atoms with van der Waals surface area (Å²) < 4.78 is 10.5. The van der Waals surface area contributed by atoms with E-state index in [-0.39, 0.29) is 5.97 Å². The van der Waals surface area contributed by atoms with E-state index in [9.17, 15) is 14.7 Å². The summed E-state index contributed by atoms with van der Waals surface area (Å²) in [7, 11) is 1.35. The first-order valence-corrected chi connectivity index (χ1v) is 7.83. The van der Waals surface area contributed by atoms with Crippen molar-refractivity contribution < 1.29 is 23.8 Å². The van der Waals surface area contributed by atoms with E-state index in [1.165, 1.54) is 7.11 Å². The van der Waals surface area contributed by atoms with Gasteiger partial charge in [-0.2, -0.15) is 0 Å². The molecule has 2 aromatic rings. The number of furan rings is 1. The van der Waals surface area contributed by atoms with Crippen molar-refractivity contribution in [2.24, 2.45) is 0 Å². The number of esters is 1. The predicted octanol–water partition coefficient (Wildman–Crippen LogP) is 2.78. The Morgan fingerprint density at radius 1 is 1.25 bits per heavy atom. The molecule has 0 radical (unpaired) electrons. The maximum absolute atomic E-state index is 11.4. The Balaban J connectivity index is 1.71. The van der Waals surface area contributed by atoms with Crippen LogP contribution in [0.4, 0.5) is 0 Å². The van der Waals surface area contributed by atoms with Gasteiger partial charge in [0.1, 0.15) is 17.6 Å². The molecule has 1 fully saturated rings. The molecule has 0 bridgehead atoms. The number of rotatable bonds is 5. The highest BCUT2D eigenvalue weighted by Gasteiger charge is 2.30. The normalized spacial score (nSPS) is 17.8. The van der Waals surface area contributed by atoms with E-state index < -0.39 is 12.0 Å². The van der Waals surface area contributed by atoms with Crippen LogP contribution >= 0.6 is 0 Å². The van der Waals surface area contributed by atoms with Crippen LogP contribution in [0.15, 0.2) is 40.8 Å². The summed E-state index contributed by atoms with van der Waals surface area (Å²) in [4.78, 5) is 24.6. The largest absolute Gasteiger partial charge is 0.480 e. The lowest BCUT2D eigenvalue weighted by atomic mass is 10.1. The number of carbonyl (C=O) groups excluding carboxylic acids is 1. The Kier molecular flexibility index (Phi) is 4.66. The van der Waals surface area contributed by atoms with Gasteiger partial charge in [0.2, 0.25) is 0 Å². The Labute approximate surface area is 139 Å². The highest BCUT2D eigenvalue weighted by molar-refractivity contribution is 5.89. The quantitative estimate of drug-likeness (QED) is 0.850. The van der Waals surface area contributed by atoms with E-state index in [0.717, 1.165) is 24.3 Å². The minimum atomic E-state index is -0.780. The summed E-state index contributed by atoms with van der Waals surface area (Å²) in [5.74, 6) is 0.260. The van der Waals surface area contributed by atoms with Gasteiger partial charge in [0.15, 0.2) is 0 Å². The maximum atomic E-state index is 11.4. The number of carboxylic acid groups (broad SMARTS) is 1. The van der Waals surface area contributed by atoms with Crippen molar-refractivity contribution in [1.82, 2.24) is 4.90 Å². The van der Waals surface area contributed by atoms with Crippen molar-refractivity contribution >= 4 is 11.9 Å². The third kappa shape index (κ3) is 3.33. The molecule has 0 aliphatic carbocycles. The van der Waals surface area contributed by atoms with Crippen LogP contribution in [0.3, 0.4) is 0 Å². The van der Waals surface area contributed by atoms with Crippen LogP contribution in [-0.4, -0.2) is 41.6 Å². The van der Waals surface area contributed by atoms with Crippen LogP contribution in [0.25, 0.3) is 11.3 Å². The summed E-state index contributed by atoms with van der Waals surface area (Å²) in [5.41, 5.74) is 1.33. The van der Waals surface area contributed by atoms with Crippen LogP contribution in [0, 0.1) is 0 Å². The average molecular weight is 329 g/mol. The van der Waals surface area contributed by atoms with Crippen LogP contribution in [0.1, 0.15) is 29.0 Å². The van der Waals surface area contributed by atoms with Gasteiger partial charge in [-0.25, -0.2) is 4.79 Å². The van der Waals surface area contributed by atoms with E-state index in [1.807, 2.05) is 17.0 Å². The van der Waals surface area contributed by atoms with Gasteiger partial charge in [-0.3, -0.25) is 9.69 Å². The van der Waals surface area contributed by atoms with Gasteiger partial charge in [-0.1, -0.05) is 12.1 Å². The summed E-state index contributed by atoms with van der Waals surface area (Å²) >= 11 is 0. The predicted molar refractivity (Wildman–Crippen MR) is 86.6 cm³/mol. The minimum Gasteiger partial charge on any atom is -0.480 e. The van der Waals surface area contributed by atoms with Crippen LogP contribution in [0.2, 0.25) is 0 Å². The van der Waals surface area contributed by atoms with Crippen molar-refractivity contribution in [2.75, 3.05) is 13.7 Å². The highest BCUT2D eigenvalue weighted by atomic mass is 16.5. The molecule has 1 aromatic heterocycles. The second kappa shape index (κ2) is 6.88. The molecule has 126 valence electrons. The van der Waals surface area contributed by atoms with E-state index in [4.69, 9.17) is 4.42 Å². The number of nitrogens with zero attached hydrogens (tertiary/aromatic N) is 1. The molecule has 6 heteroatoms. The molecule has 1 aromatic carbocycles. The number of ether oxygens (including phenoxy) is 1. The summed E-state index contributed by atoms with van der Waals surface area (Å²) in [6.07, 6.45) is 1.57. The zero-order valence-electron chi connectivity index (χ0n) is 13.4. The summed E-state index contributed by atoms with van der Waals surface area (Å²) in [6, 6.07) is 10.2. The molecule has 1 aliphatic rings. The van der Waals surface area contributed by atoms with Gasteiger partial charge >= 0.3 is 11.9 Å². The zero-order chi connectivity index (χ0) is 17.1. The topological polar surface area (TPSA) is 80.0 Å². The highest BCUT2D eigenvalue weighted by Crippen LogP contribution is 2.26. The van der Waals surface area contributed by atoms with Crippen LogP contribution in [0.5, 0.6) is 0 Å². The average Bonchev–Trinajstić information content (AvgIpc) is 3.24. The smallest absolute Gasteiger partial charge is 0.337 e. The number of benzene rings is 1. The lowest BCUT2D eigenvalue weighted by Crippen LogP contribution is -2.35. The number of methoxy groups -OCH3 is 1. The molecule has 3 rings (SSSR count). The second-order valence-corrected chi connectivity index (χ2v) is 5.80. The summed E-state index contributed by atoms with van der Waals surface area (Å²) in [6.45, 7) is 1.25. The standard InChI is InChI=1S/C18H19NO5/c1-23-18(22)13-6-4-12(5-7-13)16-9-8-14(24-16)11-19-10-2-3-15(19)17(20)21/h4-9,15H,2-3,10-11H2,1H3,(H,20,21). The molecule has 0 spiro atoms. The fourth-order valence-electron chi connectivity index (χ4n) is 3.00. The van der Waals surface area contributed by atoms with Gasteiger partial charge in [0.25, 0.3) is 0 Å². The zero-order valence-corrected chi connectivity index (χ0v) is 13.4. The molecule has 0 saturated carbocycles. The van der Waals surface area contributed by atoms with Crippen LogP contribution in [-0.2, 0) is 16.1 Å². The number of carboxylic acids is 1. The molecular weight excluding hydrogens is 310 g/mol. The number of hydrogen-bond donors (Lipinski definition) is 1. The van der Waals surface area contributed by atoms with Crippen molar-refractivity contribution in [1.29, 1.82) is 0 Å². The lowest BCUT2D eigenvalue weighted by Gasteiger charge is -2.19. The summed E-state index contributed by atoms with van der Waals surface area (Å²) in [5, 5.41) is 9.23. The van der Waals surface area contributed by atoms with Gasteiger partial charge in [-0.15, -0.1) is 0 Å². The molecule has 1 atom stereocenters. The SMILES string of the molecule is COC(=O)c1ccc(-c2ccc(CN3CCCC3C(=O)O)o2)cc1. The van der Waals surface area contributed by atoms with E-state index in [2.05, 4.69) is 4.74 Å². The molecule has 1 aliphatic heterocycles. The second-order valence-electron chi connectivity index (χ2n) is 5.80. The molecule has 6 nitrogen and oxygen atoms in total. The molecule has 0 amide bonds. The molecule has 2 heterocycles. The number of carbonyl (C=O) groups is 2. The van der Waals surface area contributed by atoms with E-state index in [1.54, 1.807) is 24.3 Å². The van der Waals surface area contributed by atoms with E-state index in [0.29, 0.717) is 24.3 Å². The Morgan fingerprint density at radius 2 is 2.00 bits per heavy atom. The first kappa shape index (κ1) is 16.3. The van der Waals surface area contributed by atoms with Gasteiger partial charge in [-0.05, 0) is 43.7 Å². The van der Waals surface area contributed by atoms with Gasteiger partial charge in [0, 0.05) is 5.56 Å². The fraction of sp³-hybridized carbons (Fsp3) is 0.333. The van der Waals surface area contributed by atoms with Gasteiger partial charge in [0.05, 0.1) is 19.2 Å². The van der Waals surface area contributed by atoms with Crippen molar-refractivity contribution in [2.45, 2.75) is 25.4 Å². The molecule has 24 heavy (non-hydrogen) atoms. The first-order valence-electron chi connectivity index (χ1n) is 7.83. The maximum Gasteiger partial charge on any atom is 0.337 e. The Hall–Kier alpha value is -2.60. The molecule has 1 saturated heterocycles. The first-order chi connectivity index (χ1) is 11.6. The number of likely N-dealkylation sites (tertiary alicyclic amines) is 1. The number of aliphatic carboxylic acids is 1. The molecule has 1 unspecified atom stereocenters. The minimum absolute atomic E-state index is 0.379. The van der Waals surface area contributed by atoms with Crippen molar-refractivity contribution in [3.05, 3.63) is 47.7 Å². The van der Waals surface area contributed by atoms with Crippen molar-refractivity contribution in [3.63, 3.8) is 0 Å².